The number of nitrogens with one attached hydrogen (secondary N) is 1. The van der Waals surface area contributed by atoms with Gasteiger partial charge in [-0.3, -0.25) is 4.79 Å². The van der Waals surface area contributed by atoms with Crippen LogP contribution in [0, 0.1) is 0 Å². The van der Waals surface area contributed by atoms with Crippen LogP contribution in [-0.2, 0) is 17.8 Å². The highest BCUT2D eigenvalue weighted by atomic mass is 79.9. The molecule has 0 unspecified atom stereocenters. The number of aromatic nitrogens is 1. The maximum atomic E-state index is 11.7. The molecule has 1 N–H and O–H groups in total. The molecular formula is C13H13BrN2O3. The Balaban J connectivity index is 1.94. The first-order valence-electron chi connectivity index (χ1n) is 5.67. The summed E-state index contributed by atoms with van der Waals surface area (Å²) < 4.78 is 10.9. The maximum Gasteiger partial charge on any atom is 0.226 e. The first-order chi connectivity index (χ1) is 9.19. The lowest BCUT2D eigenvalue weighted by Gasteiger charge is -2.09. The lowest BCUT2D eigenvalue weighted by atomic mass is 10.2. The van der Waals surface area contributed by atoms with Gasteiger partial charge in [-0.1, -0.05) is 21.1 Å². The summed E-state index contributed by atoms with van der Waals surface area (Å²) in [7, 11) is 1.60. The van der Waals surface area contributed by atoms with Crippen molar-refractivity contribution in [1.82, 2.24) is 10.5 Å². The molecule has 0 spiro atoms. The normalized spacial score (nSPS) is 10.2. The van der Waals surface area contributed by atoms with Gasteiger partial charge < -0.3 is 14.6 Å². The number of rotatable bonds is 5. The van der Waals surface area contributed by atoms with E-state index in [4.69, 9.17) is 4.74 Å². The van der Waals surface area contributed by atoms with Gasteiger partial charge in [0.25, 0.3) is 0 Å². The molecule has 1 aromatic heterocycles. The second-order valence-electron chi connectivity index (χ2n) is 3.90. The van der Waals surface area contributed by atoms with Crippen LogP contribution in [0.5, 0.6) is 5.75 Å². The highest BCUT2D eigenvalue weighted by Gasteiger charge is 2.08. The van der Waals surface area contributed by atoms with Gasteiger partial charge in [-0.15, -0.1) is 0 Å². The molecule has 0 aliphatic carbocycles. The third-order valence-electron chi connectivity index (χ3n) is 2.55. The molecule has 100 valence electrons. The minimum absolute atomic E-state index is 0.115. The zero-order valence-electron chi connectivity index (χ0n) is 10.4. The summed E-state index contributed by atoms with van der Waals surface area (Å²) in [6.07, 6.45) is 1.65. The molecule has 0 saturated heterocycles. The molecule has 19 heavy (non-hydrogen) atoms. The lowest BCUT2D eigenvalue weighted by molar-refractivity contribution is -0.120. The van der Waals surface area contributed by atoms with Crippen molar-refractivity contribution in [3.8, 4) is 5.75 Å². The van der Waals surface area contributed by atoms with Crippen LogP contribution in [0.3, 0.4) is 0 Å². The quantitative estimate of drug-likeness (QED) is 0.916. The average Bonchev–Trinajstić information content (AvgIpc) is 2.89. The third-order valence-corrected chi connectivity index (χ3v) is 3.04. The smallest absolute Gasteiger partial charge is 0.226 e. The molecule has 0 aliphatic heterocycles. The van der Waals surface area contributed by atoms with E-state index in [-0.39, 0.29) is 12.3 Å². The zero-order chi connectivity index (χ0) is 13.7. The average molecular weight is 325 g/mol. The number of carbonyl (C=O) groups excluding carboxylic acids is 1. The van der Waals surface area contributed by atoms with Crippen molar-refractivity contribution < 1.29 is 14.1 Å². The van der Waals surface area contributed by atoms with E-state index < -0.39 is 0 Å². The van der Waals surface area contributed by atoms with E-state index in [1.165, 1.54) is 6.26 Å². The monoisotopic (exact) mass is 324 g/mol. The number of ether oxygens (including phenoxy) is 1. The Morgan fingerprint density at radius 2 is 2.32 bits per heavy atom. The Labute approximate surface area is 119 Å². The van der Waals surface area contributed by atoms with Crippen molar-refractivity contribution >= 4 is 21.8 Å². The van der Waals surface area contributed by atoms with E-state index in [2.05, 4.69) is 30.9 Å². The number of hydrogen-bond donors (Lipinski definition) is 1. The number of amides is 1. The number of hydrogen-bond acceptors (Lipinski definition) is 4. The Morgan fingerprint density at radius 3 is 3.00 bits per heavy atom. The Kier molecular flexibility index (Phi) is 4.57. The van der Waals surface area contributed by atoms with Gasteiger partial charge in [0.15, 0.2) is 0 Å². The zero-order valence-corrected chi connectivity index (χ0v) is 11.9. The minimum Gasteiger partial charge on any atom is -0.496 e. The molecule has 5 nitrogen and oxygen atoms in total. The molecule has 1 amide bonds. The van der Waals surface area contributed by atoms with Crippen LogP contribution >= 0.6 is 15.9 Å². The van der Waals surface area contributed by atoms with Crippen LogP contribution in [0.1, 0.15) is 11.3 Å². The Bertz CT molecular complexity index is 555. The van der Waals surface area contributed by atoms with Gasteiger partial charge in [0.2, 0.25) is 5.91 Å². The van der Waals surface area contributed by atoms with Crippen LogP contribution < -0.4 is 10.1 Å². The summed E-state index contributed by atoms with van der Waals surface area (Å²) in [5, 5.41) is 6.51. The number of nitrogens with zero attached hydrogens (tertiary/aromatic N) is 1. The van der Waals surface area contributed by atoms with Crippen LogP contribution in [0.2, 0.25) is 0 Å². The van der Waals surface area contributed by atoms with E-state index >= 15 is 0 Å². The fourth-order valence-electron chi connectivity index (χ4n) is 1.63. The Morgan fingerprint density at radius 1 is 1.47 bits per heavy atom. The van der Waals surface area contributed by atoms with E-state index in [9.17, 15) is 4.79 Å². The number of methoxy groups -OCH3 is 1. The fourth-order valence-corrected chi connectivity index (χ4v) is 2.04. The number of benzene rings is 1. The van der Waals surface area contributed by atoms with Crippen molar-refractivity contribution in [1.29, 1.82) is 0 Å². The van der Waals surface area contributed by atoms with Crippen molar-refractivity contribution in [3.05, 3.63) is 46.3 Å². The molecule has 0 bridgehead atoms. The van der Waals surface area contributed by atoms with Gasteiger partial charge in [-0.05, 0) is 18.2 Å². The second-order valence-corrected chi connectivity index (χ2v) is 4.82. The van der Waals surface area contributed by atoms with Crippen LogP contribution in [0.25, 0.3) is 0 Å². The van der Waals surface area contributed by atoms with E-state index in [0.717, 1.165) is 15.8 Å². The molecule has 0 atom stereocenters. The van der Waals surface area contributed by atoms with Gasteiger partial charge in [0.05, 0.1) is 19.2 Å². The highest BCUT2D eigenvalue weighted by molar-refractivity contribution is 9.10. The Hall–Kier alpha value is -1.82. The van der Waals surface area contributed by atoms with Crippen LogP contribution in [0.15, 0.2) is 39.5 Å². The highest BCUT2D eigenvalue weighted by Crippen LogP contribution is 2.22. The van der Waals surface area contributed by atoms with E-state index in [1.54, 1.807) is 13.2 Å². The largest absolute Gasteiger partial charge is 0.496 e. The molecule has 0 fully saturated rings. The first-order valence-corrected chi connectivity index (χ1v) is 6.46. The minimum atomic E-state index is -0.115. The molecule has 0 radical (unpaired) electrons. The summed E-state index contributed by atoms with van der Waals surface area (Å²) in [6, 6.07) is 7.32. The summed E-state index contributed by atoms with van der Waals surface area (Å²) >= 11 is 3.39. The van der Waals surface area contributed by atoms with Gasteiger partial charge in [0.1, 0.15) is 12.0 Å². The maximum absolute atomic E-state index is 11.7. The van der Waals surface area contributed by atoms with Crippen molar-refractivity contribution in [2.24, 2.45) is 0 Å². The predicted octanol–water partition coefficient (Wildman–Crippen LogP) is 2.30. The second kappa shape index (κ2) is 6.38. The van der Waals surface area contributed by atoms with Gasteiger partial charge in [-0.2, -0.15) is 0 Å². The molecule has 0 aliphatic rings. The standard InChI is InChI=1S/C13H13BrN2O3/c1-18-12-3-2-10(14)6-9(12)8-15-13(17)7-11-4-5-19-16-11/h2-6H,7-8H2,1H3,(H,15,17). The van der Waals surface area contributed by atoms with Crippen LogP contribution in [0.4, 0.5) is 0 Å². The molecule has 6 heteroatoms. The molecule has 1 heterocycles. The SMILES string of the molecule is COc1ccc(Br)cc1CNC(=O)Cc1ccon1. The van der Waals surface area contributed by atoms with Crippen LogP contribution in [-0.4, -0.2) is 18.2 Å². The summed E-state index contributed by atoms with van der Waals surface area (Å²) in [5.41, 5.74) is 1.52. The lowest BCUT2D eigenvalue weighted by Crippen LogP contribution is -2.24. The topological polar surface area (TPSA) is 64.4 Å². The number of halogens is 1. The fraction of sp³-hybridized carbons (Fsp3) is 0.231. The van der Waals surface area contributed by atoms with Gasteiger partial charge in [0, 0.05) is 22.6 Å². The summed E-state index contributed by atoms with van der Waals surface area (Å²) in [4.78, 5) is 11.7. The third kappa shape index (κ3) is 3.82. The first kappa shape index (κ1) is 13.6. The van der Waals surface area contributed by atoms with Gasteiger partial charge >= 0.3 is 0 Å². The van der Waals surface area contributed by atoms with Gasteiger partial charge in [-0.25, -0.2) is 0 Å². The van der Waals surface area contributed by atoms with Crippen molar-refractivity contribution in [2.75, 3.05) is 7.11 Å². The molecule has 0 saturated carbocycles. The summed E-state index contributed by atoms with van der Waals surface area (Å²) in [6.45, 7) is 0.402. The van der Waals surface area contributed by atoms with E-state index in [0.29, 0.717) is 12.2 Å². The van der Waals surface area contributed by atoms with E-state index in [1.807, 2.05) is 18.2 Å². The van der Waals surface area contributed by atoms with Crippen molar-refractivity contribution in [2.45, 2.75) is 13.0 Å². The molecule has 1 aromatic carbocycles. The number of carbonyl (C=O) groups is 1. The summed E-state index contributed by atoms with van der Waals surface area (Å²) in [5.74, 6) is 0.626. The molecule has 2 rings (SSSR count). The molecular weight excluding hydrogens is 312 g/mol. The van der Waals surface area contributed by atoms with Crippen molar-refractivity contribution in [3.63, 3.8) is 0 Å². The molecule has 2 aromatic rings. The predicted molar refractivity (Wildman–Crippen MR) is 72.7 cm³/mol.